The highest BCUT2D eigenvalue weighted by Crippen LogP contribution is 2.45. The zero-order chi connectivity index (χ0) is 14.7. The lowest BCUT2D eigenvalue weighted by Crippen LogP contribution is -2.44. The average molecular weight is 289 g/mol. The van der Waals surface area contributed by atoms with Gasteiger partial charge in [-0.2, -0.15) is 0 Å². The molecule has 19 heavy (non-hydrogen) atoms. The van der Waals surface area contributed by atoms with Gasteiger partial charge in [0.15, 0.2) is 0 Å². The first kappa shape index (κ1) is 17.0. The van der Waals surface area contributed by atoms with Gasteiger partial charge in [0, 0.05) is 11.8 Å². The Labute approximate surface area is 119 Å². The molecule has 0 radical (unpaired) electrons. The van der Waals surface area contributed by atoms with Crippen LogP contribution in [0.4, 0.5) is 0 Å². The van der Waals surface area contributed by atoms with Crippen LogP contribution in [0.1, 0.15) is 60.3 Å². The number of hydrogen-bond acceptors (Lipinski definition) is 3. The molecule has 0 atom stereocenters. The second kappa shape index (κ2) is 6.13. The van der Waals surface area contributed by atoms with Crippen molar-refractivity contribution in [3.05, 3.63) is 0 Å². The zero-order valence-electron chi connectivity index (χ0n) is 13.3. The molecule has 0 aromatic heterocycles. The fourth-order valence-corrected chi connectivity index (χ4v) is 4.61. The largest absolute Gasteiger partial charge is 0.314 e. The standard InChI is InChI=1S/C15H31NO2S/c1-6-19(17,18)9-7-8-16-13-10-14(2,3)12-15(4,5)11-13/h13,16H,6-12H2,1-5H3. The van der Waals surface area contributed by atoms with Gasteiger partial charge in [-0.05, 0) is 43.1 Å². The molecular weight excluding hydrogens is 258 g/mol. The van der Waals surface area contributed by atoms with E-state index in [1.807, 2.05) is 0 Å². The quantitative estimate of drug-likeness (QED) is 0.765. The molecule has 0 aromatic carbocycles. The molecule has 0 aromatic rings. The maximum absolute atomic E-state index is 11.4. The first-order valence-electron chi connectivity index (χ1n) is 7.49. The van der Waals surface area contributed by atoms with Crippen LogP contribution in [0, 0.1) is 10.8 Å². The Bertz CT molecular complexity index is 369. The maximum Gasteiger partial charge on any atom is 0.150 e. The zero-order valence-corrected chi connectivity index (χ0v) is 14.1. The van der Waals surface area contributed by atoms with E-state index in [1.165, 1.54) is 19.3 Å². The van der Waals surface area contributed by atoms with E-state index in [0.717, 1.165) is 13.0 Å². The molecule has 4 heteroatoms. The van der Waals surface area contributed by atoms with E-state index in [1.54, 1.807) is 6.92 Å². The predicted molar refractivity (Wildman–Crippen MR) is 82.1 cm³/mol. The van der Waals surface area contributed by atoms with Gasteiger partial charge in [0.25, 0.3) is 0 Å². The summed E-state index contributed by atoms with van der Waals surface area (Å²) in [6.07, 6.45) is 4.38. The minimum atomic E-state index is -2.81. The van der Waals surface area contributed by atoms with Gasteiger partial charge in [0.05, 0.1) is 5.75 Å². The van der Waals surface area contributed by atoms with Crippen LogP contribution in [-0.2, 0) is 9.84 Å². The summed E-state index contributed by atoms with van der Waals surface area (Å²) >= 11 is 0. The predicted octanol–water partition coefficient (Wildman–Crippen LogP) is 3.01. The van der Waals surface area contributed by atoms with Crippen LogP contribution in [0.3, 0.4) is 0 Å². The lowest BCUT2D eigenvalue weighted by molar-refractivity contribution is 0.0853. The van der Waals surface area contributed by atoms with Crippen LogP contribution in [0.5, 0.6) is 0 Å². The number of rotatable bonds is 6. The van der Waals surface area contributed by atoms with E-state index in [0.29, 0.717) is 22.6 Å². The van der Waals surface area contributed by atoms with Gasteiger partial charge in [-0.15, -0.1) is 0 Å². The molecule has 0 unspecified atom stereocenters. The van der Waals surface area contributed by atoms with Crippen LogP contribution in [0.15, 0.2) is 0 Å². The summed E-state index contributed by atoms with van der Waals surface area (Å²) in [5.74, 6) is 0.576. The first-order valence-corrected chi connectivity index (χ1v) is 9.31. The normalized spacial score (nSPS) is 23.4. The molecule has 1 fully saturated rings. The molecule has 114 valence electrons. The summed E-state index contributed by atoms with van der Waals surface area (Å²) in [5.41, 5.74) is 0.768. The third-order valence-electron chi connectivity index (χ3n) is 4.06. The van der Waals surface area contributed by atoms with Crippen molar-refractivity contribution in [3.63, 3.8) is 0 Å². The highest BCUT2D eigenvalue weighted by Gasteiger charge is 2.37. The van der Waals surface area contributed by atoms with Gasteiger partial charge in [0.2, 0.25) is 0 Å². The van der Waals surface area contributed by atoms with Crippen LogP contribution in [0.25, 0.3) is 0 Å². The second-order valence-corrected chi connectivity index (χ2v) is 10.1. The fraction of sp³-hybridized carbons (Fsp3) is 1.00. The Morgan fingerprint density at radius 1 is 1.11 bits per heavy atom. The Balaban J connectivity index is 2.37. The lowest BCUT2D eigenvalue weighted by Gasteiger charge is -2.45. The van der Waals surface area contributed by atoms with Crippen LogP contribution in [-0.4, -0.2) is 32.5 Å². The molecule has 1 aliphatic rings. The second-order valence-electron chi connectivity index (χ2n) is 7.65. The third kappa shape index (κ3) is 6.26. The fourth-order valence-electron chi connectivity index (χ4n) is 3.73. The van der Waals surface area contributed by atoms with E-state index in [9.17, 15) is 8.42 Å². The van der Waals surface area contributed by atoms with Crippen LogP contribution in [0.2, 0.25) is 0 Å². The summed E-state index contributed by atoms with van der Waals surface area (Å²) in [5, 5.41) is 3.57. The van der Waals surface area contributed by atoms with Crippen molar-refractivity contribution >= 4 is 9.84 Å². The molecule has 0 aliphatic heterocycles. The smallest absolute Gasteiger partial charge is 0.150 e. The summed E-state index contributed by atoms with van der Waals surface area (Å²) in [7, 11) is -2.81. The van der Waals surface area contributed by atoms with Crippen molar-refractivity contribution in [3.8, 4) is 0 Å². The van der Waals surface area contributed by atoms with Gasteiger partial charge < -0.3 is 5.32 Å². The van der Waals surface area contributed by atoms with Crippen molar-refractivity contribution in [1.29, 1.82) is 0 Å². The van der Waals surface area contributed by atoms with Crippen LogP contribution < -0.4 is 5.32 Å². The summed E-state index contributed by atoms with van der Waals surface area (Å²) < 4.78 is 22.9. The van der Waals surface area contributed by atoms with Crippen LogP contribution >= 0.6 is 0 Å². The van der Waals surface area contributed by atoms with Gasteiger partial charge in [-0.25, -0.2) is 8.42 Å². The minimum Gasteiger partial charge on any atom is -0.314 e. The highest BCUT2D eigenvalue weighted by atomic mass is 32.2. The van der Waals surface area contributed by atoms with Gasteiger partial charge >= 0.3 is 0 Å². The lowest BCUT2D eigenvalue weighted by atomic mass is 9.63. The van der Waals surface area contributed by atoms with Gasteiger partial charge in [-0.3, -0.25) is 0 Å². The van der Waals surface area contributed by atoms with Crippen molar-refractivity contribution in [2.75, 3.05) is 18.1 Å². The number of sulfone groups is 1. The molecule has 1 aliphatic carbocycles. The SMILES string of the molecule is CCS(=O)(=O)CCCNC1CC(C)(C)CC(C)(C)C1. The maximum atomic E-state index is 11.4. The van der Waals surface area contributed by atoms with E-state index in [-0.39, 0.29) is 5.75 Å². The molecular formula is C15H31NO2S. The molecule has 0 heterocycles. The molecule has 0 bridgehead atoms. The van der Waals surface area contributed by atoms with Gasteiger partial charge in [-0.1, -0.05) is 34.6 Å². The molecule has 3 nitrogen and oxygen atoms in total. The van der Waals surface area contributed by atoms with E-state index in [2.05, 4.69) is 33.0 Å². The van der Waals surface area contributed by atoms with E-state index < -0.39 is 9.84 Å². The first-order chi connectivity index (χ1) is 8.55. The topological polar surface area (TPSA) is 46.2 Å². The third-order valence-corrected chi connectivity index (χ3v) is 5.85. The molecule has 0 saturated heterocycles. The van der Waals surface area contributed by atoms with Crippen molar-refractivity contribution < 1.29 is 8.42 Å². The Morgan fingerprint density at radius 2 is 1.63 bits per heavy atom. The van der Waals surface area contributed by atoms with Crippen molar-refractivity contribution in [2.24, 2.45) is 10.8 Å². The number of hydrogen-bond donors (Lipinski definition) is 1. The Morgan fingerprint density at radius 3 is 2.11 bits per heavy atom. The summed E-state index contributed by atoms with van der Waals surface area (Å²) in [6.45, 7) is 11.9. The Kier molecular flexibility index (Phi) is 5.47. The molecule has 1 rings (SSSR count). The highest BCUT2D eigenvalue weighted by molar-refractivity contribution is 7.91. The number of nitrogens with one attached hydrogen (secondary N) is 1. The Hall–Kier alpha value is -0.0900. The minimum absolute atomic E-state index is 0.260. The summed E-state index contributed by atoms with van der Waals surface area (Å²) in [6, 6.07) is 0.531. The summed E-state index contributed by atoms with van der Waals surface area (Å²) in [4.78, 5) is 0. The van der Waals surface area contributed by atoms with Crippen molar-refractivity contribution in [1.82, 2.24) is 5.32 Å². The molecule has 0 amide bonds. The monoisotopic (exact) mass is 289 g/mol. The average Bonchev–Trinajstić information content (AvgIpc) is 2.20. The van der Waals surface area contributed by atoms with E-state index >= 15 is 0 Å². The van der Waals surface area contributed by atoms with E-state index in [4.69, 9.17) is 0 Å². The molecule has 0 spiro atoms. The molecule has 1 N–H and O–H groups in total. The molecule has 1 saturated carbocycles. The van der Waals surface area contributed by atoms with Gasteiger partial charge in [0.1, 0.15) is 9.84 Å². The van der Waals surface area contributed by atoms with Crippen molar-refractivity contribution in [2.45, 2.75) is 66.3 Å².